The third kappa shape index (κ3) is 6.79. The van der Waals surface area contributed by atoms with Crippen molar-refractivity contribution in [2.75, 3.05) is 38.0 Å². The molecular formula is C35H49N5O3S. The van der Waals surface area contributed by atoms with Crippen LogP contribution in [0, 0.1) is 5.41 Å². The summed E-state index contributed by atoms with van der Waals surface area (Å²) in [6.45, 7) is 12.1. The number of carbonyl (C=O) groups is 3. The average Bonchev–Trinajstić information content (AvgIpc) is 3.26. The Balaban J connectivity index is 0.00000400. The monoisotopic (exact) mass is 619 g/mol. The van der Waals surface area contributed by atoms with Crippen LogP contribution in [-0.4, -0.2) is 86.3 Å². The second-order valence-electron chi connectivity index (χ2n) is 14.1. The van der Waals surface area contributed by atoms with Crippen LogP contribution in [0.25, 0.3) is 0 Å². The predicted molar refractivity (Wildman–Crippen MR) is 178 cm³/mol. The van der Waals surface area contributed by atoms with Crippen LogP contribution >= 0.6 is 11.8 Å². The van der Waals surface area contributed by atoms with E-state index in [1.54, 1.807) is 11.8 Å². The molecular weight excluding hydrogens is 570 g/mol. The predicted octanol–water partition coefficient (Wildman–Crippen LogP) is 6.03. The average molecular weight is 620 g/mol. The molecule has 4 heterocycles. The summed E-state index contributed by atoms with van der Waals surface area (Å²) in [5, 5.41) is 2.69. The molecule has 44 heavy (non-hydrogen) atoms. The van der Waals surface area contributed by atoms with Crippen LogP contribution in [0.4, 0.5) is 10.5 Å². The molecule has 2 aromatic carbocycles. The number of nitrogens with zero attached hydrogens (tertiary/aromatic N) is 4. The number of amides is 4. The fraction of sp³-hybridized carbons (Fsp3) is 0.571. The normalized spacial score (nSPS) is 22.8. The second kappa shape index (κ2) is 12.8. The van der Waals surface area contributed by atoms with Gasteiger partial charge in [0.15, 0.2) is 0 Å². The number of thioether (sulfide) groups is 1. The summed E-state index contributed by atoms with van der Waals surface area (Å²) in [7, 11) is 0. The molecule has 2 aromatic rings. The molecule has 6 rings (SSSR count). The minimum Gasteiger partial charge on any atom is -0.342 e. The number of urea groups is 1. The number of fused-ring (bicyclic) bond motifs is 1. The highest BCUT2D eigenvalue weighted by atomic mass is 32.2. The van der Waals surface area contributed by atoms with Crippen molar-refractivity contribution in [1.29, 1.82) is 0 Å². The zero-order valence-electron chi connectivity index (χ0n) is 26.5. The van der Waals surface area contributed by atoms with Gasteiger partial charge in [-0.2, -0.15) is 0 Å². The van der Waals surface area contributed by atoms with Gasteiger partial charge >= 0.3 is 6.03 Å². The summed E-state index contributed by atoms with van der Waals surface area (Å²) < 4.78 is 0. The van der Waals surface area contributed by atoms with E-state index in [-0.39, 0.29) is 47.3 Å². The summed E-state index contributed by atoms with van der Waals surface area (Å²) in [4.78, 5) is 48.6. The van der Waals surface area contributed by atoms with Gasteiger partial charge < -0.3 is 20.0 Å². The highest BCUT2D eigenvalue weighted by Gasteiger charge is 2.53. The van der Waals surface area contributed by atoms with Crippen LogP contribution in [0.3, 0.4) is 0 Å². The van der Waals surface area contributed by atoms with Crippen molar-refractivity contribution in [1.82, 2.24) is 19.6 Å². The standard InChI is InChI=1S/C35H47N5O3S.H2/c1-34(2,3)15-22-40-32(42)30(44-35(40)16-20-37(21-17-35)24-26-9-5-4-6-10-26)23-31(41)38-18-13-28(14-19-38)39-25-27-11-7-8-12-29(27)36-33(39)43;/h4-12,28,30H,13-25H2,1-3H3,(H,36,43);1H. The summed E-state index contributed by atoms with van der Waals surface area (Å²) in [5.41, 5.74) is 3.46. The van der Waals surface area contributed by atoms with Crippen LogP contribution in [0.5, 0.6) is 0 Å². The lowest BCUT2D eigenvalue weighted by atomic mass is 9.91. The van der Waals surface area contributed by atoms with Gasteiger partial charge in [-0.05, 0) is 54.7 Å². The van der Waals surface area contributed by atoms with Crippen molar-refractivity contribution in [2.24, 2.45) is 5.41 Å². The van der Waals surface area contributed by atoms with E-state index in [2.05, 4.69) is 72.3 Å². The Kier molecular flexibility index (Phi) is 8.98. The lowest BCUT2D eigenvalue weighted by molar-refractivity contribution is -0.138. The van der Waals surface area contributed by atoms with E-state index in [0.717, 1.165) is 69.5 Å². The molecule has 4 aliphatic heterocycles. The topological polar surface area (TPSA) is 76.2 Å². The molecule has 4 amide bonds. The Morgan fingerprint density at radius 3 is 2.36 bits per heavy atom. The fourth-order valence-electron chi connectivity index (χ4n) is 7.17. The number of rotatable bonds is 7. The van der Waals surface area contributed by atoms with Crippen LogP contribution in [0.2, 0.25) is 0 Å². The zero-order valence-corrected chi connectivity index (χ0v) is 27.3. The number of piperidine rings is 2. The van der Waals surface area contributed by atoms with Gasteiger partial charge in [0.05, 0.1) is 10.1 Å². The number of nitrogens with one attached hydrogen (secondary N) is 1. The highest BCUT2D eigenvalue weighted by Crippen LogP contribution is 2.49. The van der Waals surface area contributed by atoms with Gasteiger partial charge in [0.1, 0.15) is 0 Å². The number of likely N-dealkylation sites (tertiary alicyclic amines) is 2. The first-order valence-electron chi connectivity index (χ1n) is 16.3. The molecule has 0 aliphatic carbocycles. The Morgan fingerprint density at radius 1 is 0.977 bits per heavy atom. The highest BCUT2D eigenvalue weighted by molar-refractivity contribution is 8.02. The number of hydrogen-bond donors (Lipinski definition) is 1. The van der Waals surface area contributed by atoms with E-state index in [1.165, 1.54) is 5.56 Å². The number of para-hydroxylation sites is 1. The van der Waals surface area contributed by atoms with Crippen LogP contribution in [0.1, 0.15) is 71.8 Å². The molecule has 3 fully saturated rings. The maximum atomic E-state index is 14.0. The van der Waals surface area contributed by atoms with E-state index in [9.17, 15) is 14.4 Å². The maximum Gasteiger partial charge on any atom is 0.322 e. The van der Waals surface area contributed by atoms with Crippen LogP contribution < -0.4 is 5.32 Å². The van der Waals surface area contributed by atoms with Gasteiger partial charge in [-0.1, -0.05) is 69.3 Å². The molecule has 8 nitrogen and oxygen atoms in total. The smallest absolute Gasteiger partial charge is 0.322 e. The second-order valence-corrected chi connectivity index (χ2v) is 15.7. The van der Waals surface area contributed by atoms with Crippen molar-refractivity contribution in [3.05, 3.63) is 65.7 Å². The Hall–Kier alpha value is -3.04. The lowest BCUT2D eigenvalue weighted by Crippen LogP contribution is -2.52. The lowest BCUT2D eigenvalue weighted by Gasteiger charge is -2.44. The van der Waals surface area contributed by atoms with Crippen molar-refractivity contribution >= 4 is 35.3 Å². The van der Waals surface area contributed by atoms with E-state index in [0.29, 0.717) is 19.6 Å². The van der Waals surface area contributed by atoms with Crippen LogP contribution in [-0.2, 0) is 22.7 Å². The molecule has 0 aromatic heterocycles. The first-order chi connectivity index (χ1) is 21.1. The largest absolute Gasteiger partial charge is 0.342 e. The van der Waals surface area contributed by atoms with Crippen molar-refractivity contribution in [2.45, 2.75) is 88.5 Å². The van der Waals surface area contributed by atoms with Gasteiger partial charge in [0.25, 0.3) is 0 Å². The van der Waals surface area contributed by atoms with Crippen molar-refractivity contribution < 1.29 is 15.8 Å². The SMILES string of the molecule is CC(C)(C)CCN1C(=O)C(CC(=O)N2CCC(N3Cc4ccccc4NC3=O)CC2)SC12CCN(Cc1ccccc1)CC2.[HH]. The number of anilines is 1. The molecule has 9 heteroatoms. The summed E-state index contributed by atoms with van der Waals surface area (Å²) in [5.74, 6) is 0.208. The molecule has 3 saturated heterocycles. The summed E-state index contributed by atoms with van der Waals surface area (Å²) in [6, 6.07) is 18.6. The van der Waals surface area contributed by atoms with Gasteiger partial charge in [-0.3, -0.25) is 14.5 Å². The third-order valence-corrected chi connectivity index (χ3v) is 11.6. The molecule has 4 aliphatic rings. The Labute approximate surface area is 268 Å². The van der Waals surface area contributed by atoms with Crippen molar-refractivity contribution in [3.63, 3.8) is 0 Å². The van der Waals surface area contributed by atoms with Crippen LogP contribution in [0.15, 0.2) is 54.6 Å². The molecule has 0 bridgehead atoms. The maximum absolute atomic E-state index is 14.0. The van der Waals surface area contributed by atoms with E-state index < -0.39 is 0 Å². The zero-order chi connectivity index (χ0) is 30.9. The first-order valence-corrected chi connectivity index (χ1v) is 17.2. The first kappa shape index (κ1) is 31.0. The molecule has 1 atom stereocenters. The molecule has 0 saturated carbocycles. The van der Waals surface area contributed by atoms with Crippen molar-refractivity contribution in [3.8, 4) is 0 Å². The minimum absolute atomic E-state index is 0. The van der Waals surface area contributed by atoms with Gasteiger partial charge in [-0.25, -0.2) is 4.79 Å². The quantitative estimate of drug-likeness (QED) is 0.410. The Bertz CT molecular complexity index is 1350. The molecule has 238 valence electrons. The van der Waals surface area contributed by atoms with E-state index in [1.807, 2.05) is 28.0 Å². The molecule has 1 N–H and O–H groups in total. The van der Waals surface area contributed by atoms with Gasteiger partial charge in [0.2, 0.25) is 11.8 Å². The molecule has 1 spiro atoms. The molecule has 1 unspecified atom stereocenters. The van der Waals surface area contributed by atoms with Gasteiger partial charge in [0, 0.05) is 65.4 Å². The summed E-state index contributed by atoms with van der Waals surface area (Å²) in [6.07, 6.45) is 4.57. The third-order valence-electron chi connectivity index (χ3n) is 9.85. The number of carbonyl (C=O) groups excluding carboxylic acids is 3. The number of benzene rings is 2. The van der Waals surface area contributed by atoms with E-state index >= 15 is 0 Å². The fourth-order valence-corrected chi connectivity index (χ4v) is 8.88. The summed E-state index contributed by atoms with van der Waals surface area (Å²) >= 11 is 1.76. The van der Waals surface area contributed by atoms with E-state index in [4.69, 9.17) is 0 Å². The number of hydrogen-bond acceptors (Lipinski definition) is 5. The van der Waals surface area contributed by atoms with Gasteiger partial charge in [-0.15, -0.1) is 11.8 Å². The molecule has 0 radical (unpaired) electrons. The Morgan fingerprint density at radius 2 is 1.66 bits per heavy atom. The minimum atomic E-state index is -0.328.